The smallest absolute Gasteiger partial charge is 0.184 e. The van der Waals surface area contributed by atoms with Gasteiger partial charge in [-0.15, -0.1) is 0 Å². The second kappa shape index (κ2) is 7.39. The number of carbonyl (C=O) groups excluding carboxylic acids is 1. The lowest BCUT2D eigenvalue weighted by Crippen LogP contribution is -2.56. The summed E-state index contributed by atoms with van der Waals surface area (Å²) in [4.78, 5) is 12.4. The van der Waals surface area contributed by atoms with Gasteiger partial charge >= 0.3 is 0 Å². The molecule has 3 nitrogen and oxygen atoms in total. The fourth-order valence-corrected chi connectivity index (χ4v) is 10.0. The van der Waals surface area contributed by atoms with E-state index >= 15 is 0 Å². The quantitative estimate of drug-likeness (QED) is 0.456. The van der Waals surface area contributed by atoms with E-state index in [2.05, 4.69) is 53.1 Å². The molecule has 0 radical (unpaired) electrons. The van der Waals surface area contributed by atoms with Crippen molar-refractivity contribution in [3.8, 4) is 0 Å². The van der Waals surface area contributed by atoms with Crippen LogP contribution >= 0.6 is 0 Å². The molecule has 0 aliphatic heterocycles. The highest BCUT2D eigenvalue weighted by Gasteiger charge is 2.61. The Labute approximate surface area is 186 Å². The molecule has 170 valence electrons. The molecule has 3 saturated carbocycles. The topological polar surface area (TPSA) is 35.5 Å². The van der Waals surface area contributed by atoms with Crippen LogP contribution in [0.25, 0.3) is 0 Å². The van der Waals surface area contributed by atoms with Gasteiger partial charge in [0.05, 0.1) is 12.2 Å². The molecule has 0 heterocycles. The molecule has 0 aromatic carbocycles. The molecule has 0 bridgehead atoms. The van der Waals surface area contributed by atoms with Crippen molar-refractivity contribution < 1.29 is 13.6 Å². The molecule has 4 aliphatic carbocycles. The Morgan fingerprint density at radius 3 is 2.20 bits per heavy atom. The zero-order chi connectivity index (χ0) is 22.1. The predicted molar refractivity (Wildman–Crippen MR) is 129 cm³/mol. The van der Waals surface area contributed by atoms with Crippen molar-refractivity contribution in [2.24, 2.45) is 28.6 Å². The Morgan fingerprint density at radius 1 is 0.900 bits per heavy atom. The lowest BCUT2D eigenvalue weighted by molar-refractivity contribution is -0.119. The van der Waals surface area contributed by atoms with Crippen molar-refractivity contribution in [2.45, 2.75) is 110 Å². The Bertz CT molecular complexity index is 734. The minimum Gasteiger partial charge on any atom is -0.414 e. The van der Waals surface area contributed by atoms with Crippen molar-refractivity contribution in [1.82, 2.24) is 0 Å². The number of hydrogen-bond donors (Lipinski definition) is 0. The lowest BCUT2D eigenvalue weighted by Gasteiger charge is -2.60. The SMILES string of the molecule is CC12CCC(=O)C=C1[C@H](O[Si](C)(C)C)CC1C2CCC2(C)C1CC[C@@H]2O[Si](C)(C)C. The molecule has 0 saturated heterocycles. The predicted octanol–water partition coefficient (Wildman–Crippen LogP) is 6.57. The molecule has 4 aliphatic rings. The maximum atomic E-state index is 12.4. The maximum absolute atomic E-state index is 12.4. The monoisotopic (exact) mass is 448 g/mol. The summed E-state index contributed by atoms with van der Waals surface area (Å²) in [5.41, 5.74) is 1.80. The van der Waals surface area contributed by atoms with Gasteiger partial charge in [0.25, 0.3) is 0 Å². The fourth-order valence-electron chi connectivity index (χ4n) is 7.69. The van der Waals surface area contributed by atoms with E-state index in [1.165, 1.54) is 31.3 Å². The molecule has 5 unspecified atom stereocenters. The van der Waals surface area contributed by atoms with E-state index < -0.39 is 16.6 Å². The van der Waals surface area contributed by atoms with E-state index in [0.29, 0.717) is 35.6 Å². The molecule has 0 aromatic rings. The molecular weight excluding hydrogens is 404 g/mol. The maximum Gasteiger partial charge on any atom is 0.184 e. The summed E-state index contributed by atoms with van der Waals surface area (Å²) in [5, 5.41) is 0. The van der Waals surface area contributed by atoms with Crippen LogP contribution in [-0.2, 0) is 13.6 Å². The van der Waals surface area contributed by atoms with Gasteiger partial charge in [0.15, 0.2) is 22.4 Å². The van der Waals surface area contributed by atoms with E-state index in [0.717, 1.165) is 18.8 Å². The molecule has 4 rings (SSSR count). The molecule has 5 heteroatoms. The standard InChI is InChI=1S/C25H44O3Si2/c1-24-13-11-17(26)15-21(24)22(27-29(3,4)5)16-18-19-9-10-23(28-30(6,7)8)25(19,2)14-12-20(18)24/h15,18-20,22-23H,9-14,16H2,1-8H3/t18?,19?,20?,22-,23+,24?,25?/m1/s1. The van der Waals surface area contributed by atoms with Gasteiger partial charge in [-0.3, -0.25) is 4.79 Å². The van der Waals surface area contributed by atoms with E-state index in [1.54, 1.807) is 0 Å². The Morgan fingerprint density at radius 2 is 1.57 bits per heavy atom. The van der Waals surface area contributed by atoms with Crippen molar-refractivity contribution in [2.75, 3.05) is 0 Å². The summed E-state index contributed by atoms with van der Waals surface area (Å²) in [6.07, 6.45) is 10.5. The van der Waals surface area contributed by atoms with Gasteiger partial charge in [-0.05, 0) is 118 Å². The first-order valence-corrected chi connectivity index (χ1v) is 19.2. The largest absolute Gasteiger partial charge is 0.414 e. The van der Waals surface area contributed by atoms with Gasteiger partial charge in [0.1, 0.15) is 0 Å². The van der Waals surface area contributed by atoms with Crippen LogP contribution in [0.15, 0.2) is 11.6 Å². The number of hydrogen-bond acceptors (Lipinski definition) is 3. The lowest BCUT2D eigenvalue weighted by atomic mass is 9.47. The van der Waals surface area contributed by atoms with Crippen LogP contribution in [0.5, 0.6) is 0 Å². The van der Waals surface area contributed by atoms with Gasteiger partial charge in [-0.25, -0.2) is 0 Å². The van der Waals surface area contributed by atoms with E-state index in [4.69, 9.17) is 8.85 Å². The van der Waals surface area contributed by atoms with E-state index in [9.17, 15) is 4.79 Å². The van der Waals surface area contributed by atoms with Gasteiger partial charge in [-0.2, -0.15) is 0 Å². The zero-order valence-electron chi connectivity index (χ0n) is 20.6. The first-order valence-electron chi connectivity index (χ1n) is 12.3. The highest BCUT2D eigenvalue weighted by molar-refractivity contribution is 6.70. The van der Waals surface area contributed by atoms with Crippen LogP contribution in [0, 0.1) is 28.6 Å². The van der Waals surface area contributed by atoms with Crippen LogP contribution < -0.4 is 0 Å². The molecule has 3 fully saturated rings. The van der Waals surface area contributed by atoms with Crippen LogP contribution in [0.1, 0.15) is 58.8 Å². The van der Waals surface area contributed by atoms with Gasteiger partial charge in [0.2, 0.25) is 0 Å². The van der Waals surface area contributed by atoms with Crippen LogP contribution in [-0.4, -0.2) is 34.6 Å². The number of ketones is 1. The molecule has 0 N–H and O–H groups in total. The van der Waals surface area contributed by atoms with Gasteiger partial charge < -0.3 is 8.85 Å². The average molecular weight is 449 g/mol. The molecule has 0 aromatic heterocycles. The molecule has 7 atom stereocenters. The van der Waals surface area contributed by atoms with Crippen molar-refractivity contribution >= 4 is 22.4 Å². The van der Waals surface area contributed by atoms with Crippen LogP contribution in [0.4, 0.5) is 0 Å². The third-order valence-corrected chi connectivity index (χ3v) is 10.8. The van der Waals surface area contributed by atoms with Crippen molar-refractivity contribution in [3.05, 3.63) is 11.6 Å². The normalized spacial score (nSPS) is 44.2. The highest BCUT2D eigenvalue weighted by atomic mass is 28.4. The van der Waals surface area contributed by atoms with Crippen molar-refractivity contribution in [1.29, 1.82) is 0 Å². The fraction of sp³-hybridized carbons (Fsp3) is 0.880. The highest BCUT2D eigenvalue weighted by Crippen LogP contribution is 2.66. The first-order chi connectivity index (χ1) is 13.7. The van der Waals surface area contributed by atoms with Crippen molar-refractivity contribution in [3.63, 3.8) is 0 Å². The number of carbonyl (C=O) groups is 1. The third kappa shape index (κ3) is 3.97. The van der Waals surface area contributed by atoms with Gasteiger partial charge in [0, 0.05) is 6.42 Å². The summed E-state index contributed by atoms with van der Waals surface area (Å²) in [7, 11) is -3.25. The van der Waals surface area contributed by atoms with E-state index in [1.807, 2.05) is 6.08 Å². The number of fused-ring (bicyclic) bond motifs is 5. The third-order valence-electron chi connectivity index (χ3n) is 8.86. The Kier molecular flexibility index (Phi) is 5.65. The van der Waals surface area contributed by atoms with Crippen LogP contribution in [0.2, 0.25) is 39.3 Å². The summed E-state index contributed by atoms with van der Waals surface area (Å²) in [6, 6.07) is 0. The molecule has 0 spiro atoms. The zero-order valence-corrected chi connectivity index (χ0v) is 22.6. The number of rotatable bonds is 4. The van der Waals surface area contributed by atoms with E-state index in [-0.39, 0.29) is 11.5 Å². The molecular formula is C25H44O3Si2. The summed E-state index contributed by atoms with van der Waals surface area (Å²) >= 11 is 0. The minimum atomic E-state index is -1.70. The summed E-state index contributed by atoms with van der Waals surface area (Å²) in [6.45, 7) is 18.9. The Hall–Kier alpha value is -0.236. The second-order valence-electron chi connectivity index (χ2n) is 13.2. The second-order valence-corrected chi connectivity index (χ2v) is 22.1. The average Bonchev–Trinajstić information content (AvgIpc) is 2.90. The summed E-state index contributed by atoms with van der Waals surface area (Å²) < 4.78 is 13.6. The first kappa shape index (κ1) is 22.9. The summed E-state index contributed by atoms with van der Waals surface area (Å²) in [5.74, 6) is 2.45. The van der Waals surface area contributed by atoms with Crippen LogP contribution in [0.3, 0.4) is 0 Å². The van der Waals surface area contributed by atoms with Gasteiger partial charge in [-0.1, -0.05) is 13.8 Å². The minimum absolute atomic E-state index is 0.139. The Balaban J connectivity index is 1.68. The molecule has 30 heavy (non-hydrogen) atoms. The molecule has 0 amide bonds.